The van der Waals surface area contributed by atoms with E-state index in [0.717, 1.165) is 42.5 Å². The SMILES string of the molecule is CCNC(=NCc1coc(-c2ccc(C)cc2)n1)NCCc1ccc(OC)cc1.I. The number of halogens is 1. The lowest BCUT2D eigenvalue weighted by molar-refractivity contribution is 0.414. The summed E-state index contributed by atoms with van der Waals surface area (Å²) in [5.41, 5.74) is 4.22. The Morgan fingerprint density at radius 2 is 1.80 bits per heavy atom. The van der Waals surface area contributed by atoms with Gasteiger partial charge in [0.05, 0.1) is 13.7 Å². The highest BCUT2D eigenvalue weighted by Gasteiger charge is 2.07. The van der Waals surface area contributed by atoms with Crippen LogP contribution in [-0.2, 0) is 13.0 Å². The largest absolute Gasteiger partial charge is 0.497 e. The number of ether oxygens (including phenoxy) is 1. The zero-order valence-corrected chi connectivity index (χ0v) is 20.0. The van der Waals surface area contributed by atoms with E-state index in [2.05, 4.69) is 39.7 Å². The predicted molar refractivity (Wildman–Crippen MR) is 132 cm³/mol. The number of methoxy groups -OCH3 is 1. The maximum Gasteiger partial charge on any atom is 0.226 e. The molecule has 3 aromatic rings. The Labute approximate surface area is 195 Å². The fourth-order valence-electron chi connectivity index (χ4n) is 2.83. The first-order valence-electron chi connectivity index (χ1n) is 9.84. The molecule has 7 heteroatoms. The monoisotopic (exact) mass is 520 g/mol. The van der Waals surface area contributed by atoms with Gasteiger partial charge in [0, 0.05) is 18.7 Å². The number of rotatable bonds is 8. The molecule has 0 amide bonds. The Kier molecular flexibility index (Phi) is 9.66. The molecule has 1 heterocycles. The molecule has 30 heavy (non-hydrogen) atoms. The van der Waals surface area contributed by atoms with Crippen molar-refractivity contribution in [3.8, 4) is 17.2 Å². The summed E-state index contributed by atoms with van der Waals surface area (Å²) in [6.07, 6.45) is 2.57. The van der Waals surface area contributed by atoms with Crippen LogP contribution >= 0.6 is 24.0 Å². The number of aromatic nitrogens is 1. The fourth-order valence-corrected chi connectivity index (χ4v) is 2.83. The molecule has 0 unspecified atom stereocenters. The van der Waals surface area contributed by atoms with Crippen molar-refractivity contribution in [3.05, 3.63) is 71.6 Å². The first-order chi connectivity index (χ1) is 14.2. The van der Waals surface area contributed by atoms with Crippen molar-refractivity contribution in [1.29, 1.82) is 0 Å². The van der Waals surface area contributed by atoms with Gasteiger partial charge in [-0.3, -0.25) is 0 Å². The minimum Gasteiger partial charge on any atom is -0.497 e. The van der Waals surface area contributed by atoms with Gasteiger partial charge in [0.25, 0.3) is 0 Å². The number of aryl methyl sites for hydroxylation is 1. The van der Waals surface area contributed by atoms with Crippen molar-refractivity contribution in [3.63, 3.8) is 0 Å². The van der Waals surface area contributed by atoms with E-state index >= 15 is 0 Å². The number of nitrogens with one attached hydrogen (secondary N) is 2. The minimum absolute atomic E-state index is 0. The highest BCUT2D eigenvalue weighted by molar-refractivity contribution is 14.0. The highest BCUT2D eigenvalue weighted by Crippen LogP contribution is 2.19. The summed E-state index contributed by atoms with van der Waals surface area (Å²) in [7, 11) is 1.67. The fraction of sp³-hybridized carbons (Fsp3) is 0.304. The van der Waals surface area contributed by atoms with Crippen LogP contribution in [0, 0.1) is 6.92 Å². The van der Waals surface area contributed by atoms with Gasteiger partial charge in [-0.2, -0.15) is 0 Å². The van der Waals surface area contributed by atoms with E-state index in [1.54, 1.807) is 13.4 Å². The van der Waals surface area contributed by atoms with Crippen molar-refractivity contribution in [2.24, 2.45) is 4.99 Å². The molecule has 0 saturated carbocycles. The van der Waals surface area contributed by atoms with Crippen molar-refractivity contribution >= 4 is 29.9 Å². The van der Waals surface area contributed by atoms with Gasteiger partial charge in [0.1, 0.15) is 17.7 Å². The zero-order valence-electron chi connectivity index (χ0n) is 17.6. The summed E-state index contributed by atoms with van der Waals surface area (Å²) < 4.78 is 10.8. The molecular formula is C23H29IN4O2. The van der Waals surface area contributed by atoms with Crippen LogP contribution in [0.5, 0.6) is 5.75 Å². The number of oxazole rings is 1. The van der Waals surface area contributed by atoms with Crippen molar-refractivity contribution in [2.75, 3.05) is 20.2 Å². The third-order valence-electron chi connectivity index (χ3n) is 4.46. The van der Waals surface area contributed by atoms with E-state index in [1.165, 1.54) is 11.1 Å². The molecule has 3 rings (SSSR count). The predicted octanol–water partition coefficient (Wildman–Crippen LogP) is 4.57. The molecule has 0 aliphatic rings. The number of benzene rings is 2. The third-order valence-corrected chi connectivity index (χ3v) is 4.46. The van der Waals surface area contributed by atoms with E-state index in [4.69, 9.17) is 9.15 Å². The van der Waals surface area contributed by atoms with Crippen LogP contribution < -0.4 is 15.4 Å². The third kappa shape index (κ3) is 7.05. The van der Waals surface area contributed by atoms with Crippen LogP contribution in [0.1, 0.15) is 23.7 Å². The highest BCUT2D eigenvalue weighted by atomic mass is 127. The second-order valence-corrected chi connectivity index (χ2v) is 6.73. The van der Waals surface area contributed by atoms with Gasteiger partial charge in [-0.15, -0.1) is 24.0 Å². The topological polar surface area (TPSA) is 71.7 Å². The van der Waals surface area contributed by atoms with Crippen molar-refractivity contribution in [1.82, 2.24) is 15.6 Å². The Hall–Kier alpha value is -2.55. The number of aliphatic imine (C=N–C) groups is 1. The van der Waals surface area contributed by atoms with Crippen LogP contribution in [0.4, 0.5) is 0 Å². The molecule has 0 radical (unpaired) electrons. The molecule has 160 valence electrons. The summed E-state index contributed by atoms with van der Waals surface area (Å²) >= 11 is 0. The Morgan fingerprint density at radius 1 is 1.07 bits per heavy atom. The van der Waals surface area contributed by atoms with Gasteiger partial charge in [-0.25, -0.2) is 9.98 Å². The van der Waals surface area contributed by atoms with Gasteiger partial charge in [0.2, 0.25) is 5.89 Å². The zero-order chi connectivity index (χ0) is 20.5. The quantitative estimate of drug-likeness (QED) is 0.259. The number of guanidine groups is 1. The number of hydrogen-bond acceptors (Lipinski definition) is 4. The summed E-state index contributed by atoms with van der Waals surface area (Å²) in [5.74, 6) is 2.25. The van der Waals surface area contributed by atoms with E-state index in [1.807, 2.05) is 43.3 Å². The molecule has 0 atom stereocenters. The summed E-state index contributed by atoms with van der Waals surface area (Å²) in [5, 5.41) is 6.62. The van der Waals surface area contributed by atoms with Gasteiger partial charge in [-0.05, 0) is 50.1 Å². The molecule has 0 fully saturated rings. The average molecular weight is 520 g/mol. The molecule has 0 saturated heterocycles. The minimum atomic E-state index is 0. The molecule has 0 aliphatic carbocycles. The van der Waals surface area contributed by atoms with Crippen LogP contribution in [0.15, 0.2) is 64.2 Å². The standard InChI is InChI=1S/C23H28N4O2.HI/c1-4-24-23(25-14-13-18-7-11-21(28-3)12-8-18)26-15-20-16-29-22(27-20)19-9-5-17(2)6-10-19;/h5-12,16H,4,13-15H2,1-3H3,(H2,24,25,26);1H. The van der Waals surface area contributed by atoms with E-state index in [0.29, 0.717) is 12.4 Å². The van der Waals surface area contributed by atoms with Gasteiger partial charge in [-0.1, -0.05) is 29.8 Å². The van der Waals surface area contributed by atoms with Crippen molar-refractivity contribution < 1.29 is 9.15 Å². The van der Waals surface area contributed by atoms with Crippen LogP contribution in [0.2, 0.25) is 0 Å². The maximum atomic E-state index is 5.61. The second-order valence-electron chi connectivity index (χ2n) is 6.73. The van der Waals surface area contributed by atoms with Crippen LogP contribution in [0.3, 0.4) is 0 Å². The van der Waals surface area contributed by atoms with E-state index in [-0.39, 0.29) is 24.0 Å². The van der Waals surface area contributed by atoms with Gasteiger partial charge >= 0.3 is 0 Å². The second kappa shape index (κ2) is 12.2. The van der Waals surface area contributed by atoms with Crippen LogP contribution in [0.25, 0.3) is 11.5 Å². The number of hydrogen-bond donors (Lipinski definition) is 2. The lowest BCUT2D eigenvalue weighted by Crippen LogP contribution is -2.38. The normalized spacial score (nSPS) is 11.0. The first-order valence-corrected chi connectivity index (χ1v) is 9.84. The molecule has 6 nitrogen and oxygen atoms in total. The van der Waals surface area contributed by atoms with Gasteiger partial charge in [0.15, 0.2) is 5.96 Å². The molecular weight excluding hydrogens is 491 g/mol. The first kappa shape index (κ1) is 23.7. The lowest BCUT2D eigenvalue weighted by atomic mass is 10.1. The average Bonchev–Trinajstić information content (AvgIpc) is 3.22. The summed E-state index contributed by atoms with van der Waals surface area (Å²) in [6.45, 7) is 6.14. The van der Waals surface area contributed by atoms with Crippen LogP contribution in [-0.4, -0.2) is 31.1 Å². The lowest BCUT2D eigenvalue weighted by Gasteiger charge is -2.11. The van der Waals surface area contributed by atoms with Crippen molar-refractivity contribution in [2.45, 2.75) is 26.8 Å². The Morgan fingerprint density at radius 3 is 2.47 bits per heavy atom. The summed E-state index contributed by atoms with van der Waals surface area (Å²) in [4.78, 5) is 9.16. The molecule has 0 spiro atoms. The molecule has 2 N–H and O–H groups in total. The summed E-state index contributed by atoms with van der Waals surface area (Å²) in [6, 6.07) is 16.2. The van der Waals surface area contributed by atoms with E-state index in [9.17, 15) is 0 Å². The molecule has 0 bridgehead atoms. The Bertz CT molecular complexity index is 921. The Balaban J connectivity index is 0.00000320. The molecule has 0 aliphatic heterocycles. The van der Waals surface area contributed by atoms with Gasteiger partial charge < -0.3 is 19.8 Å². The smallest absolute Gasteiger partial charge is 0.226 e. The van der Waals surface area contributed by atoms with E-state index < -0.39 is 0 Å². The maximum absolute atomic E-state index is 5.61. The molecule has 1 aromatic heterocycles. The molecule has 2 aromatic carbocycles. The number of nitrogens with zero attached hydrogens (tertiary/aromatic N) is 2.